The predicted molar refractivity (Wildman–Crippen MR) is 89.1 cm³/mol. The molecule has 0 saturated heterocycles. The van der Waals surface area contributed by atoms with Crippen LogP contribution in [0.1, 0.15) is 47.6 Å². The van der Waals surface area contributed by atoms with Crippen LogP contribution in [0, 0.1) is 0 Å². The van der Waals surface area contributed by atoms with Crippen molar-refractivity contribution in [1.29, 1.82) is 0 Å². The smallest absolute Gasteiger partial charge is 0.278 e. The third-order valence-corrected chi connectivity index (χ3v) is 4.29. The Labute approximate surface area is 139 Å². The first kappa shape index (κ1) is 15.9. The second-order valence-corrected chi connectivity index (χ2v) is 6.34. The third kappa shape index (κ3) is 2.82. The van der Waals surface area contributed by atoms with E-state index in [2.05, 4.69) is 9.97 Å². The maximum absolute atomic E-state index is 12.9. The summed E-state index contributed by atoms with van der Waals surface area (Å²) in [6.45, 7) is 4.34. The fourth-order valence-electron chi connectivity index (χ4n) is 2.78. The summed E-state index contributed by atoms with van der Waals surface area (Å²) in [5.74, 6) is 0.349. The van der Waals surface area contributed by atoms with Gasteiger partial charge < -0.3 is 10.0 Å². The maximum Gasteiger partial charge on any atom is 0.278 e. The zero-order valence-electron chi connectivity index (χ0n) is 13.0. The van der Waals surface area contributed by atoms with Crippen LogP contribution < -0.4 is 4.90 Å². The number of halogens is 1. The van der Waals surface area contributed by atoms with Crippen molar-refractivity contribution < 1.29 is 9.90 Å². The van der Waals surface area contributed by atoms with E-state index in [9.17, 15) is 9.90 Å². The maximum atomic E-state index is 12.9. The highest BCUT2D eigenvalue weighted by Gasteiger charge is 2.33. The molecule has 1 aliphatic heterocycles. The first-order chi connectivity index (χ1) is 11.0. The summed E-state index contributed by atoms with van der Waals surface area (Å²) in [5.41, 5.74) is 1.98. The Morgan fingerprint density at radius 2 is 2.17 bits per heavy atom. The van der Waals surface area contributed by atoms with Gasteiger partial charge >= 0.3 is 0 Å². The molecule has 0 fully saturated rings. The summed E-state index contributed by atoms with van der Waals surface area (Å²) < 4.78 is 0. The number of nitrogens with zero attached hydrogens (tertiary/aromatic N) is 3. The van der Waals surface area contributed by atoms with Gasteiger partial charge in [-0.3, -0.25) is 4.79 Å². The number of anilines is 1. The van der Waals surface area contributed by atoms with Crippen molar-refractivity contribution in [1.82, 2.24) is 9.97 Å². The van der Waals surface area contributed by atoms with E-state index in [1.165, 1.54) is 6.20 Å². The summed E-state index contributed by atoms with van der Waals surface area (Å²) in [5, 5.41) is 9.80. The molecule has 3 rings (SSSR count). The first-order valence-corrected chi connectivity index (χ1v) is 7.94. The van der Waals surface area contributed by atoms with Crippen LogP contribution in [-0.2, 0) is 0 Å². The largest absolute Gasteiger partial charge is 0.396 e. The van der Waals surface area contributed by atoms with Crippen LogP contribution in [0.25, 0.3) is 0 Å². The molecule has 1 N–H and O–H groups in total. The molecule has 0 saturated carbocycles. The second kappa shape index (κ2) is 6.26. The van der Waals surface area contributed by atoms with Gasteiger partial charge in [0.25, 0.3) is 5.91 Å². The van der Waals surface area contributed by atoms with Gasteiger partial charge in [-0.15, -0.1) is 0 Å². The van der Waals surface area contributed by atoms with Crippen molar-refractivity contribution in [2.75, 3.05) is 18.1 Å². The van der Waals surface area contributed by atoms with Gasteiger partial charge in [-0.25, -0.2) is 9.97 Å². The Kier molecular flexibility index (Phi) is 4.33. The van der Waals surface area contributed by atoms with Crippen molar-refractivity contribution in [3.05, 3.63) is 52.6 Å². The minimum Gasteiger partial charge on any atom is -0.396 e. The number of aromatic nitrogens is 2. The van der Waals surface area contributed by atoms with Crippen LogP contribution in [0.5, 0.6) is 0 Å². The van der Waals surface area contributed by atoms with Gasteiger partial charge in [0.05, 0.1) is 17.8 Å². The predicted octanol–water partition coefficient (Wildman–Crippen LogP) is 2.99. The summed E-state index contributed by atoms with van der Waals surface area (Å²) in [4.78, 5) is 23.1. The molecule has 1 aliphatic rings. The number of hydrogen-bond donors (Lipinski definition) is 1. The van der Waals surface area contributed by atoms with Gasteiger partial charge in [0.1, 0.15) is 5.82 Å². The Hall–Kier alpha value is -1.98. The summed E-state index contributed by atoms with van der Waals surface area (Å²) >= 11 is 6.15. The van der Waals surface area contributed by atoms with Crippen LogP contribution in [0.3, 0.4) is 0 Å². The van der Waals surface area contributed by atoms with Gasteiger partial charge in [-0.2, -0.15) is 0 Å². The van der Waals surface area contributed by atoms with Gasteiger partial charge in [0.15, 0.2) is 5.69 Å². The zero-order chi connectivity index (χ0) is 16.6. The van der Waals surface area contributed by atoms with Gasteiger partial charge in [-0.05, 0) is 11.6 Å². The lowest BCUT2D eigenvalue weighted by Gasteiger charge is -2.18. The minimum atomic E-state index is -0.261. The Morgan fingerprint density at radius 3 is 2.87 bits per heavy atom. The molecule has 2 heterocycles. The number of carbonyl (C=O) groups is 1. The lowest BCUT2D eigenvalue weighted by Crippen LogP contribution is -2.31. The Bertz CT molecular complexity index is 748. The highest BCUT2D eigenvalue weighted by Crippen LogP contribution is 2.37. The number of para-hydroxylation sites is 1. The lowest BCUT2D eigenvalue weighted by atomic mass is 10.0. The fourth-order valence-corrected chi connectivity index (χ4v) is 2.95. The van der Waals surface area contributed by atoms with Crippen molar-refractivity contribution >= 4 is 23.2 Å². The van der Waals surface area contributed by atoms with Gasteiger partial charge in [-0.1, -0.05) is 43.6 Å². The van der Waals surface area contributed by atoms with Crippen molar-refractivity contribution in [2.45, 2.75) is 25.7 Å². The van der Waals surface area contributed by atoms with Crippen LogP contribution >= 0.6 is 11.6 Å². The SMILES string of the molecule is CC(C)c1ncc(Cl)c(C(=O)N2CC(CO)c3ccccc32)n1. The van der Waals surface area contributed by atoms with Gasteiger partial charge in [0.2, 0.25) is 0 Å². The number of hydrogen-bond acceptors (Lipinski definition) is 4. The molecule has 2 aromatic rings. The molecular weight excluding hydrogens is 314 g/mol. The molecule has 0 spiro atoms. The second-order valence-electron chi connectivity index (χ2n) is 5.93. The van der Waals surface area contributed by atoms with E-state index in [0.717, 1.165) is 11.3 Å². The number of rotatable bonds is 3. The summed E-state index contributed by atoms with van der Waals surface area (Å²) in [6, 6.07) is 7.59. The van der Waals surface area contributed by atoms with Crippen molar-refractivity contribution in [3.8, 4) is 0 Å². The van der Waals surface area contributed by atoms with Crippen LogP contribution in [0.4, 0.5) is 5.69 Å². The molecule has 1 aromatic heterocycles. The number of aliphatic hydroxyl groups is 1. The highest BCUT2D eigenvalue weighted by atomic mass is 35.5. The number of amides is 1. The van der Waals surface area contributed by atoms with E-state index in [4.69, 9.17) is 11.6 Å². The summed E-state index contributed by atoms with van der Waals surface area (Å²) in [7, 11) is 0. The van der Waals surface area contributed by atoms with E-state index in [1.54, 1.807) is 4.90 Å². The average molecular weight is 332 g/mol. The molecule has 6 heteroatoms. The number of aliphatic hydroxyl groups excluding tert-OH is 1. The molecule has 1 atom stereocenters. The monoisotopic (exact) mass is 331 g/mol. The van der Waals surface area contributed by atoms with E-state index >= 15 is 0 Å². The van der Waals surface area contributed by atoms with Crippen LogP contribution in [0.2, 0.25) is 5.02 Å². The minimum absolute atomic E-state index is 0.00442. The normalized spacial score (nSPS) is 16.7. The average Bonchev–Trinajstić information content (AvgIpc) is 2.93. The molecule has 1 aromatic carbocycles. The number of fused-ring (bicyclic) bond motifs is 1. The zero-order valence-corrected chi connectivity index (χ0v) is 13.8. The van der Waals surface area contributed by atoms with E-state index < -0.39 is 0 Å². The molecule has 0 bridgehead atoms. The number of benzene rings is 1. The molecule has 23 heavy (non-hydrogen) atoms. The quantitative estimate of drug-likeness (QED) is 0.939. The molecular formula is C17H18ClN3O2. The van der Waals surface area contributed by atoms with Crippen LogP contribution in [-0.4, -0.2) is 34.1 Å². The van der Waals surface area contributed by atoms with E-state index in [-0.39, 0.29) is 35.1 Å². The molecule has 120 valence electrons. The highest BCUT2D eigenvalue weighted by molar-refractivity contribution is 6.34. The number of carbonyl (C=O) groups excluding carboxylic acids is 1. The Morgan fingerprint density at radius 1 is 1.43 bits per heavy atom. The first-order valence-electron chi connectivity index (χ1n) is 7.57. The van der Waals surface area contributed by atoms with E-state index in [0.29, 0.717) is 12.4 Å². The topological polar surface area (TPSA) is 66.3 Å². The molecule has 1 unspecified atom stereocenters. The molecule has 0 radical (unpaired) electrons. The summed E-state index contributed by atoms with van der Waals surface area (Å²) in [6.07, 6.45) is 1.47. The standard InChI is InChI=1S/C17H18ClN3O2/c1-10(2)16-19-7-13(18)15(20-16)17(23)21-8-11(9-22)12-5-3-4-6-14(12)21/h3-7,10-11,22H,8-9H2,1-2H3. The lowest BCUT2D eigenvalue weighted by molar-refractivity contribution is 0.0981. The van der Waals surface area contributed by atoms with E-state index in [1.807, 2.05) is 38.1 Å². The van der Waals surface area contributed by atoms with Gasteiger partial charge in [0, 0.05) is 24.1 Å². The Balaban J connectivity index is 2.00. The molecule has 1 amide bonds. The van der Waals surface area contributed by atoms with Crippen molar-refractivity contribution in [3.63, 3.8) is 0 Å². The third-order valence-electron chi connectivity index (χ3n) is 4.02. The fraction of sp³-hybridized carbons (Fsp3) is 0.353. The molecule has 0 aliphatic carbocycles. The van der Waals surface area contributed by atoms with Crippen molar-refractivity contribution in [2.24, 2.45) is 0 Å². The molecule has 5 nitrogen and oxygen atoms in total. The van der Waals surface area contributed by atoms with Crippen LogP contribution in [0.15, 0.2) is 30.5 Å².